The van der Waals surface area contributed by atoms with Crippen molar-refractivity contribution in [1.29, 1.82) is 0 Å². The van der Waals surface area contributed by atoms with E-state index in [4.69, 9.17) is 21.6 Å². The van der Waals surface area contributed by atoms with Crippen molar-refractivity contribution in [2.24, 2.45) is 27.2 Å². The summed E-state index contributed by atoms with van der Waals surface area (Å²) in [6, 6.07) is 7.23. The Bertz CT molecular complexity index is 947. The number of rotatable bonds is 3. The number of nitrogens with two attached hydrogens (primary N) is 3. The lowest BCUT2D eigenvalue weighted by Crippen LogP contribution is -2.26. The first kappa shape index (κ1) is 16.1. The van der Waals surface area contributed by atoms with Gasteiger partial charge in [0.15, 0.2) is 5.96 Å². The first-order valence-electron chi connectivity index (χ1n) is 7.00. The summed E-state index contributed by atoms with van der Waals surface area (Å²) in [5.74, 6) is -0.612. The molecule has 3 aromatic rings. The van der Waals surface area contributed by atoms with E-state index >= 15 is 0 Å². The van der Waals surface area contributed by atoms with E-state index in [0.717, 1.165) is 0 Å². The molecule has 6 N–H and O–H groups in total. The molecule has 1 aromatic carbocycles. The number of hydrogen-bond donors (Lipinski definition) is 3. The van der Waals surface area contributed by atoms with E-state index in [1.54, 1.807) is 24.5 Å². The van der Waals surface area contributed by atoms with Gasteiger partial charge in [0, 0.05) is 18.0 Å². The summed E-state index contributed by atoms with van der Waals surface area (Å²) in [7, 11) is 0. The average molecular weight is 340 g/mol. The molecule has 0 amide bonds. The lowest BCUT2D eigenvalue weighted by molar-refractivity contribution is 0.582. The van der Waals surface area contributed by atoms with Gasteiger partial charge in [-0.25, -0.2) is 9.38 Å². The Morgan fingerprint density at radius 3 is 2.44 bits per heavy atom. The maximum Gasteiger partial charge on any atom is 0.250 e. The molecule has 0 radical (unpaired) electrons. The Kier molecular flexibility index (Phi) is 4.33. The molecule has 126 valence electrons. The van der Waals surface area contributed by atoms with Crippen LogP contribution in [-0.2, 0) is 0 Å². The van der Waals surface area contributed by atoms with Crippen LogP contribution in [-0.4, -0.2) is 27.1 Å². The number of hydrogen-bond acceptors (Lipinski definition) is 5. The minimum Gasteiger partial charge on any atom is -0.416 e. The number of nitrogens with zero attached hydrogens (tertiary/aromatic N) is 5. The van der Waals surface area contributed by atoms with Gasteiger partial charge in [-0.15, -0.1) is 10.2 Å². The fourth-order valence-corrected chi connectivity index (χ4v) is 2.00. The molecule has 0 spiro atoms. The number of halogens is 1. The number of guanidine groups is 2. The fourth-order valence-electron chi connectivity index (χ4n) is 2.00. The van der Waals surface area contributed by atoms with Crippen LogP contribution >= 0.6 is 0 Å². The van der Waals surface area contributed by atoms with Gasteiger partial charge in [-0.2, -0.15) is 4.99 Å². The lowest BCUT2D eigenvalue weighted by Gasteiger charge is -2.02. The monoisotopic (exact) mass is 340 g/mol. The molecule has 25 heavy (non-hydrogen) atoms. The Morgan fingerprint density at radius 1 is 1.00 bits per heavy atom. The van der Waals surface area contributed by atoms with E-state index in [0.29, 0.717) is 5.56 Å². The number of pyridine rings is 1. The summed E-state index contributed by atoms with van der Waals surface area (Å²) in [4.78, 5) is 11.6. The van der Waals surface area contributed by atoms with Crippen LogP contribution in [0, 0.1) is 5.82 Å². The molecule has 0 aliphatic heterocycles. The topological polar surface area (TPSA) is 155 Å². The molecule has 2 aromatic heterocycles. The fraction of sp³-hybridized carbons (Fsp3) is 0. The van der Waals surface area contributed by atoms with Crippen molar-refractivity contribution in [2.75, 3.05) is 0 Å². The lowest BCUT2D eigenvalue weighted by atomic mass is 10.2. The third-order valence-corrected chi connectivity index (χ3v) is 3.02. The number of benzene rings is 1. The maximum atomic E-state index is 13.7. The van der Waals surface area contributed by atoms with Crippen molar-refractivity contribution < 1.29 is 8.81 Å². The second kappa shape index (κ2) is 6.74. The largest absolute Gasteiger partial charge is 0.416 e. The summed E-state index contributed by atoms with van der Waals surface area (Å²) in [5, 5.41) is 7.88. The molecule has 0 saturated heterocycles. The van der Waals surface area contributed by atoms with Crippen LogP contribution in [0.15, 0.2) is 57.1 Å². The molecular weight excluding hydrogens is 327 g/mol. The second-order valence-corrected chi connectivity index (χ2v) is 4.82. The average Bonchev–Trinajstić information content (AvgIpc) is 3.06. The molecule has 0 saturated carbocycles. The zero-order chi connectivity index (χ0) is 17.8. The molecule has 0 aliphatic rings. The van der Waals surface area contributed by atoms with Gasteiger partial charge in [0.2, 0.25) is 17.7 Å². The van der Waals surface area contributed by atoms with E-state index in [1.165, 1.54) is 18.2 Å². The molecule has 0 bridgehead atoms. The molecule has 0 unspecified atom stereocenters. The van der Waals surface area contributed by atoms with Crippen LogP contribution in [0.4, 0.5) is 10.1 Å². The minimum atomic E-state index is -0.502. The van der Waals surface area contributed by atoms with Crippen LogP contribution in [0.3, 0.4) is 0 Å². The highest BCUT2D eigenvalue weighted by molar-refractivity contribution is 5.94. The van der Waals surface area contributed by atoms with Crippen molar-refractivity contribution >= 4 is 17.6 Å². The van der Waals surface area contributed by atoms with Crippen LogP contribution in [0.1, 0.15) is 0 Å². The highest BCUT2D eigenvalue weighted by atomic mass is 19.1. The van der Waals surface area contributed by atoms with Crippen molar-refractivity contribution in [1.82, 2.24) is 15.2 Å². The normalized spacial score (nSPS) is 11.3. The molecule has 2 heterocycles. The minimum absolute atomic E-state index is 0.0718. The van der Waals surface area contributed by atoms with E-state index in [9.17, 15) is 4.39 Å². The molecule has 0 aliphatic carbocycles. The Labute approximate surface area is 141 Å². The van der Waals surface area contributed by atoms with Gasteiger partial charge in [0.05, 0.1) is 11.3 Å². The van der Waals surface area contributed by atoms with Crippen molar-refractivity contribution in [3.63, 3.8) is 0 Å². The second-order valence-electron chi connectivity index (χ2n) is 4.82. The van der Waals surface area contributed by atoms with Crippen molar-refractivity contribution in [3.8, 4) is 22.9 Å². The van der Waals surface area contributed by atoms with Crippen LogP contribution in [0.5, 0.6) is 0 Å². The van der Waals surface area contributed by atoms with E-state index in [1.807, 2.05) is 0 Å². The van der Waals surface area contributed by atoms with Gasteiger partial charge < -0.3 is 21.6 Å². The molecular formula is C15H13FN8O. The summed E-state index contributed by atoms with van der Waals surface area (Å²) in [5.41, 5.74) is 17.3. The van der Waals surface area contributed by atoms with E-state index in [-0.39, 0.29) is 35.0 Å². The van der Waals surface area contributed by atoms with Gasteiger partial charge in [-0.3, -0.25) is 4.98 Å². The molecule has 0 fully saturated rings. The van der Waals surface area contributed by atoms with Gasteiger partial charge in [0.1, 0.15) is 5.82 Å². The highest BCUT2D eigenvalue weighted by Crippen LogP contribution is 2.32. The molecule has 9 nitrogen and oxygen atoms in total. The Balaban J connectivity index is 2.04. The summed E-state index contributed by atoms with van der Waals surface area (Å²) in [6.45, 7) is 0. The molecule has 3 rings (SSSR count). The predicted molar refractivity (Wildman–Crippen MR) is 90.0 cm³/mol. The first-order chi connectivity index (χ1) is 12.0. The van der Waals surface area contributed by atoms with Crippen LogP contribution in [0.2, 0.25) is 0 Å². The van der Waals surface area contributed by atoms with Crippen molar-refractivity contribution in [3.05, 3.63) is 48.5 Å². The predicted octanol–water partition coefficient (Wildman–Crippen LogP) is 1.16. The maximum absolute atomic E-state index is 13.7. The van der Waals surface area contributed by atoms with Crippen molar-refractivity contribution in [2.45, 2.75) is 0 Å². The van der Waals surface area contributed by atoms with Crippen LogP contribution < -0.4 is 17.2 Å². The summed E-state index contributed by atoms with van der Waals surface area (Å²) >= 11 is 0. The SMILES string of the molecule is NC(N)=NC(N)=Nc1ccc(F)cc1-c1nnc(-c2ccncc2)o1. The number of aliphatic imine (C=N–C) groups is 2. The zero-order valence-corrected chi connectivity index (χ0v) is 12.8. The summed E-state index contributed by atoms with van der Waals surface area (Å²) in [6.07, 6.45) is 3.18. The van der Waals surface area contributed by atoms with Gasteiger partial charge in [-0.1, -0.05) is 0 Å². The van der Waals surface area contributed by atoms with Gasteiger partial charge in [-0.05, 0) is 30.3 Å². The van der Waals surface area contributed by atoms with E-state index in [2.05, 4.69) is 25.2 Å². The Morgan fingerprint density at radius 2 is 1.72 bits per heavy atom. The summed E-state index contributed by atoms with van der Waals surface area (Å²) < 4.78 is 19.3. The smallest absolute Gasteiger partial charge is 0.250 e. The Hall–Kier alpha value is -3.82. The zero-order valence-electron chi connectivity index (χ0n) is 12.8. The van der Waals surface area contributed by atoms with Crippen LogP contribution in [0.25, 0.3) is 22.9 Å². The standard InChI is InChI=1S/C15H13FN8O/c16-9-1-2-11(21-15(19)22-14(17)18)10(7-9)13-24-23-12(25-13)8-3-5-20-6-4-8/h1-7H,(H6,17,18,19,21,22). The highest BCUT2D eigenvalue weighted by Gasteiger charge is 2.15. The molecule has 0 atom stereocenters. The van der Waals surface area contributed by atoms with Gasteiger partial charge >= 0.3 is 0 Å². The third kappa shape index (κ3) is 3.75. The molecule has 10 heteroatoms. The first-order valence-corrected chi connectivity index (χ1v) is 7.00. The third-order valence-electron chi connectivity index (χ3n) is 3.02. The number of aromatic nitrogens is 3. The van der Waals surface area contributed by atoms with E-state index < -0.39 is 5.82 Å². The quantitative estimate of drug-likeness (QED) is 0.477. The van der Waals surface area contributed by atoms with Gasteiger partial charge in [0.25, 0.3) is 0 Å².